The van der Waals surface area contributed by atoms with Crippen LogP contribution in [0, 0.1) is 0 Å². The summed E-state index contributed by atoms with van der Waals surface area (Å²) < 4.78 is 108. The normalized spacial score (nSPS) is 15.3. The maximum Gasteiger partial charge on any atom is 0.238 e. The Morgan fingerprint density at radius 1 is 0.511 bits per heavy atom. The van der Waals surface area contributed by atoms with Gasteiger partial charge in [0.05, 0.1) is 22.1 Å². The van der Waals surface area contributed by atoms with E-state index in [0.29, 0.717) is 11.1 Å². The average Bonchev–Trinajstić information content (AvgIpc) is 3.81. The number of hydrogen-bond donors (Lipinski definition) is 0. The third kappa shape index (κ3) is 4.46. The van der Waals surface area contributed by atoms with Crippen LogP contribution < -0.4 is 4.90 Å². The van der Waals surface area contributed by atoms with Gasteiger partial charge >= 0.3 is 0 Å². The molecule has 0 fully saturated rings. The lowest BCUT2D eigenvalue weighted by Gasteiger charge is -2.25. The Kier molecular flexibility index (Phi) is 3.92. The molecule has 0 saturated carbocycles. The van der Waals surface area contributed by atoms with Crippen molar-refractivity contribution in [3.8, 4) is 22.8 Å². The zero-order valence-corrected chi connectivity index (χ0v) is 24.7. The average molecular weight is 625 g/mol. The molecule has 3 heterocycles. The minimum absolute atomic E-state index is 0.0257. The van der Waals surface area contributed by atoms with Gasteiger partial charge in [-0.25, -0.2) is 4.98 Å². The molecule has 0 saturated heterocycles. The predicted octanol–water partition coefficient (Wildman–Crippen LogP) is 11.4. The smallest absolute Gasteiger partial charge is 0.238 e. The molecule has 0 bridgehead atoms. The minimum atomic E-state index is -0.702. The van der Waals surface area contributed by atoms with Crippen molar-refractivity contribution in [3.63, 3.8) is 0 Å². The quantitative estimate of drug-likeness (QED) is 0.191. The molecule has 3 aromatic heterocycles. The highest BCUT2D eigenvalue weighted by Gasteiger charge is 2.23. The van der Waals surface area contributed by atoms with Crippen molar-refractivity contribution >= 4 is 80.3 Å². The Morgan fingerprint density at radius 3 is 2.11 bits per heavy atom. The molecule has 212 valence electrons. The first-order chi connectivity index (χ1) is 27.3. The zero-order valence-electron chi connectivity index (χ0n) is 35.0. The third-order valence-corrected chi connectivity index (χ3v) is 9.52. The molecular weight excluding hydrogens is 589 g/mol. The molecular formula is C39H24N4S2. The molecule has 9 aromatic rings. The van der Waals surface area contributed by atoms with Gasteiger partial charge in [-0.05, 0) is 54.5 Å². The lowest BCUT2D eigenvalue weighted by molar-refractivity contribution is 1.03. The molecule has 0 atom stereocenters. The zero-order chi connectivity index (χ0) is 40.2. The summed E-state index contributed by atoms with van der Waals surface area (Å²) in [6.07, 6.45) is 0. The second kappa shape index (κ2) is 10.6. The number of benzene rings is 6. The minimum Gasteiger partial charge on any atom is -0.278 e. The molecule has 6 aromatic carbocycles. The number of para-hydroxylation sites is 1. The standard InChI is InChI=1S/C39H24N4S2/c1-3-12-25(13-4-1)37-40-38(26-22-23-34-30(24-26)28-16-7-9-19-32(28)44-34)42-39(41-37)43(27-14-5-2-6-15-27)31-18-11-21-35-36(31)29-17-8-10-20-33(29)45-35/h1-24H/i2D,5D,6D,8D,10D,11D,14D,15D,17D,18D,20D,21D. The van der Waals surface area contributed by atoms with Gasteiger partial charge in [0.25, 0.3) is 0 Å². The summed E-state index contributed by atoms with van der Waals surface area (Å²) in [5.74, 6) is -0.0393. The van der Waals surface area contributed by atoms with Gasteiger partial charge in [0, 0.05) is 57.2 Å². The first-order valence-electron chi connectivity index (χ1n) is 19.8. The Bertz CT molecular complexity index is 3160. The van der Waals surface area contributed by atoms with E-state index in [1.54, 1.807) is 35.6 Å². The van der Waals surface area contributed by atoms with Crippen LogP contribution in [0.4, 0.5) is 17.3 Å². The SMILES string of the molecule is [2H]c1c([2H])c([2H])c(N(c2nc(-c3ccccc3)nc(-c3ccc4sc5ccccc5c4c3)n2)c2c([2H])c([2H])c([2H])c3sc4c([2H])c([2H])c([2H])c([2H])c4c23)c([2H])c1[2H]. The second-order valence-electron chi connectivity index (χ2n) is 10.0. The summed E-state index contributed by atoms with van der Waals surface area (Å²) in [7, 11) is 0. The van der Waals surface area contributed by atoms with E-state index in [-0.39, 0.29) is 43.5 Å². The second-order valence-corrected chi connectivity index (χ2v) is 12.1. The van der Waals surface area contributed by atoms with Gasteiger partial charge in [0.1, 0.15) is 0 Å². The lowest BCUT2D eigenvalue weighted by Crippen LogP contribution is -2.15. The van der Waals surface area contributed by atoms with Gasteiger partial charge in [0.15, 0.2) is 11.6 Å². The van der Waals surface area contributed by atoms with Gasteiger partial charge in [-0.3, -0.25) is 4.90 Å². The predicted molar refractivity (Wildman–Crippen MR) is 191 cm³/mol. The third-order valence-electron chi connectivity index (χ3n) is 7.35. The van der Waals surface area contributed by atoms with Crippen LogP contribution >= 0.6 is 22.7 Å². The van der Waals surface area contributed by atoms with E-state index in [1.165, 1.54) is 0 Å². The van der Waals surface area contributed by atoms with Crippen LogP contribution in [0.5, 0.6) is 0 Å². The summed E-state index contributed by atoms with van der Waals surface area (Å²) in [6.45, 7) is 0. The lowest BCUT2D eigenvalue weighted by atomic mass is 10.1. The molecule has 0 spiro atoms. The first-order valence-corrected chi connectivity index (χ1v) is 15.4. The van der Waals surface area contributed by atoms with E-state index in [9.17, 15) is 1.37 Å². The molecule has 0 unspecified atom stereocenters. The molecule has 0 aliphatic heterocycles. The van der Waals surface area contributed by atoms with Crippen LogP contribution in [0.2, 0.25) is 0 Å². The maximum atomic E-state index is 9.40. The highest BCUT2D eigenvalue weighted by molar-refractivity contribution is 7.26. The summed E-state index contributed by atoms with van der Waals surface area (Å²) in [6, 6.07) is 15.5. The molecule has 6 heteroatoms. The van der Waals surface area contributed by atoms with E-state index < -0.39 is 78.2 Å². The Balaban J connectivity index is 1.46. The summed E-state index contributed by atoms with van der Waals surface area (Å²) in [5, 5.41) is 1.83. The van der Waals surface area contributed by atoms with Crippen molar-refractivity contribution in [1.29, 1.82) is 0 Å². The van der Waals surface area contributed by atoms with E-state index in [2.05, 4.69) is 0 Å². The maximum absolute atomic E-state index is 9.40. The number of nitrogens with zero attached hydrogens (tertiary/aromatic N) is 4. The molecule has 0 N–H and O–H groups in total. The number of thiophene rings is 2. The summed E-state index contributed by atoms with van der Waals surface area (Å²) in [4.78, 5) is 15.6. The molecule has 4 nitrogen and oxygen atoms in total. The van der Waals surface area contributed by atoms with Gasteiger partial charge in [0.2, 0.25) is 5.95 Å². The van der Waals surface area contributed by atoms with Crippen LogP contribution in [0.15, 0.2) is 145 Å². The van der Waals surface area contributed by atoms with Crippen molar-refractivity contribution in [2.24, 2.45) is 0 Å². The van der Waals surface area contributed by atoms with Gasteiger partial charge in [-0.15, -0.1) is 22.7 Å². The van der Waals surface area contributed by atoms with Crippen LogP contribution in [0.3, 0.4) is 0 Å². The highest BCUT2D eigenvalue weighted by Crippen LogP contribution is 2.44. The molecule has 45 heavy (non-hydrogen) atoms. The fourth-order valence-electron chi connectivity index (χ4n) is 5.35. The monoisotopic (exact) mass is 624 g/mol. The first kappa shape index (κ1) is 16.6. The van der Waals surface area contributed by atoms with Crippen LogP contribution in [-0.2, 0) is 0 Å². The van der Waals surface area contributed by atoms with Gasteiger partial charge < -0.3 is 0 Å². The van der Waals surface area contributed by atoms with E-state index in [4.69, 9.17) is 30.0 Å². The topological polar surface area (TPSA) is 41.9 Å². The number of aromatic nitrogens is 3. The number of hydrogen-bond acceptors (Lipinski definition) is 6. The van der Waals surface area contributed by atoms with Gasteiger partial charge in [-0.1, -0.05) is 90.8 Å². The number of fused-ring (bicyclic) bond motifs is 6. The van der Waals surface area contributed by atoms with E-state index in [0.717, 1.165) is 36.4 Å². The molecule has 9 rings (SSSR count). The molecule has 0 aliphatic rings. The van der Waals surface area contributed by atoms with E-state index in [1.807, 2.05) is 48.5 Å². The largest absolute Gasteiger partial charge is 0.278 e. The summed E-state index contributed by atoms with van der Waals surface area (Å²) >= 11 is 2.46. The van der Waals surface area contributed by atoms with Crippen LogP contribution in [-0.4, -0.2) is 15.0 Å². The Hall–Kier alpha value is -5.43. The fourth-order valence-corrected chi connectivity index (χ4v) is 7.40. The van der Waals surface area contributed by atoms with Crippen molar-refractivity contribution in [1.82, 2.24) is 15.0 Å². The molecule has 0 amide bonds. The number of rotatable bonds is 5. The van der Waals surface area contributed by atoms with Crippen molar-refractivity contribution in [2.45, 2.75) is 0 Å². The Morgan fingerprint density at radius 2 is 1.22 bits per heavy atom. The van der Waals surface area contributed by atoms with Crippen molar-refractivity contribution in [3.05, 3.63) is 145 Å². The highest BCUT2D eigenvalue weighted by atomic mass is 32.1. The van der Waals surface area contributed by atoms with Gasteiger partial charge in [-0.2, -0.15) is 9.97 Å². The molecule has 0 aliphatic carbocycles. The molecule has 0 radical (unpaired) electrons. The van der Waals surface area contributed by atoms with E-state index >= 15 is 0 Å². The van der Waals surface area contributed by atoms with Crippen molar-refractivity contribution in [2.75, 3.05) is 4.90 Å². The number of anilines is 3. The fraction of sp³-hybridized carbons (Fsp3) is 0. The van der Waals surface area contributed by atoms with Crippen LogP contribution in [0.1, 0.15) is 16.4 Å². The van der Waals surface area contributed by atoms with Crippen LogP contribution in [0.25, 0.3) is 63.1 Å². The Labute approximate surface area is 284 Å². The van der Waals surface area contributed by atoms with Crippen molar-refractivity contribution < 1.29 is 16.4 Å². The summed E-state index contributed by atoms with van der Waals surface area (Å²) in [5.41, 5.74) is 0.307.